The number of nitrogens with one attached hydrogen (secondary N) is 1. The number of halogens is 1. The van der Waals surface area contributed by atoms with Crippen LogP contribution in [0.4, 0.5) is 4.39 Å². The molecule has 0 bridgehead atoms. The molecule has 1 atom stereocenters. The molecular formula is C14H22FNO. The van der Waals surface area contributed by atoms with Gasteiger partial charge in [0.1, 0.15) is 5.60 Å². The minimum absolute atomic E-state index is 0.0769. The van der Waals surface area contributed by atoms with Crippen LogP contribution in [0, 0.1) is 5.82 Å². The predicted molar refractivity (Wildman–Crippen MR) is 68.9 cm³/mol. The summed E-state index contributed by atoms with van der Waals surface area (Å²) in [6.07, 6.45) is 0. The minimum Gasteiger partial charge on any atom is -0.485 e. The van der Waals surface area contributed by atoms with E-state index in [9.17, 15) is 4.39 Å². The van der Waals surface area contributed by atoms with Crippen LogP contribution in [0.25, 0.3) is 0 Å². The Morgan fingerprint density at radius 1 is 1.35 bits per heavy atom. The maximum Gasteiger partial charge on any atom is 0.165 e. The fourth-order valence-corrected chi connectivity index (χ4v) is 1.70. The fourth-order valence-electron chi connectivity index (χ4n) is 1.70. The summed E-state index contributed by atoms with van der Waals surface area (Å²) in [6, 6.07) is 5.13. The van der Waals surface area contributed by atoms with Crippen LogP contribution in [-0.2, 0) is 0 Å². The molecule has 2 nitrogen and oxygen atoms in total. The number of hydrogen-bond acceptors (Lipinski definition) is 2. The Labute approximate surface area is 103 Å². The van der Waals surface area contributed by atoms with Gasteiger partial charge in [-0.25, -0.2) is 4.39 Å². The maximum absolute atomic E-state index is 13.8. The molecule has 1 rings (SSSR count). The van der Waals surface area contributed by atoms with E-state index in [-0.39, 0.29) is 11.9 Å². The topological polar surface area (TPSA) is 21.3 Å². The van der Waals surface area contributed by atoms with Crippen molar-refractivity contribution in [3.05, 3.63) is 29.6 Å². The van der Waals surface area contributed by atoms with Crippen molar-refractivity contribution in [1.82, 2.24) is 5.32 Å². The van der Waals surface area contributed by atoms with Gasteiger partial charge in [0, 0.05) is 11.6 Å². The Morgan fingerprint density at radius 3 is 2.53 bits per heavy atom. The van der Waals surface area contributed by atoms with Crippen molar-refractivity contribution in [3.63, 3.8) is 0 Å². The molecule has 1 unspecified atom stereocenters. The third kappa shape index (κ3) is 4.00. The Balaban J connectivity index is 3.08. The summed E-state index contributed by atoms with van der Waals surface area (Å²) in [5, 5.41) is 3.27. The molecule has 0 aliphatic heterocycles. The molecule has 0 fully saturated rings. The lowest BCUT2D eigenvalue weighted by atomic mass is 10.1. The van der Waals surface area contributed by atoms with E-state index in [1.165, 1.54) is 6.07 Å². The first-order valence-corrected chi connectivity index (χ1v) is 6.06. The highest BCUT2D eigenvalue weighted by molar-refractivity contribution is 5.37. The summed E-state index contributed by atoms with van der Waals surface area (Å²) in [5.74, 6) is 0.0515. The lowest BCUT2D eigenvalue weighted by molar-refractivity contribution is 0.122. The van der Waals surface area contributed by atoms with Gasteiger partial charge in [0.15, 0.2) is 11.6 Å². The number of ether oxygens (including phenoxy) is 1. The van der Waals surface area contributed by atoms with Crippen LogP contribution < -0.4 is 10.1 Å². The Morgan fingerprint density at radius 2 is 2.00 bits per heavy atom. The SMILES string of the molecule is CCNC(C)c1cccc(F)c1OC(C)(C)C. The first-order chi connectivity index (χ1) is 7.85. The maximum atomic E-state index is 13.8. The number of rotatable bonds is 4. The second kappa shape index (κ2) is 5.50. The van der Waals surface area contributed by atoms with Crippen molar-refractivity contribution in [1.29, 1.82) is 0 Å². The summed E-state index contributed by atoms with van der Waals surface area (Å²) < 4.78 is 19.5. The van der Waals surface area contributed by atoms with E-state index < -0.39 is 5.60 Å². The van der Waals surface area contributed by atoms with Crippen molar-refractivity contribution in [2.75, 3.05) is 6.54 Å². The van der Waals surface area contributed by atoms with E-state index in [1.54, 1.807) is 6.07 Å². The van der Waals surface area contributed by atoms with Crippen molar-refractivity contribution in [2.24, 2.45) is 0 Å². The zero-order chi connectivity index (χ0) is 13.1. The first kappa shape index (κ1) is 14.0. The highest BCUT2D eigenvalue weighted by Gasteiger charge is 2.20. The zero-order valence-electron chi connectivity index (χ0n) is 11.3. The molecule has 0 amide bonds. The lowest BCUT2D eigenvalue weighted by Gasteiger charge is -2.25. The van der Waals surface area contributed by atoms with Gasteiger partial charge in [0.05, 0.1) is 0 Å². The molecule has 96 valence electrons. The third-order valence-electron chi connectivity index (χ3n) is 2.38. The minimum atomic E-state index is -0.400. The van der Waals surface area contributed by atoms with Gasteiger partial charge < -0.3 is 10.1 Å². The highest BCUT2D eigenvalue weighted by Crippen LogP contribution is 2.30. The highest BCUT2D eigenvalue weighted by atomic mass is 19.1. The Kier molecular flexibility index (Phi) is 4.52. The van der Waals surface area contributed by atoms with Gasteiger partial charge in [-0.15, -0.1) is 0 Å². The number of hydrogen-bond donors (Lipinski definition) is 1. The zero-order valence-corrected chi connectivity index (χ0v) is 11.3. The van der Waals surface area contributed by atoms with Crippen molar-refractivity contribution in [2.45, 2.75) is 46.3 Å². The molecule has 1 aromatic rings. The molecule has 0 spiro atoms. The molecule has 0 saturated carbocycles. The van der Waals surface area contributed by atoms with E-state index in [1.807, 2.05) is 40.7 Å². The molecule has 0 aliphatic rings. The van der Waals surface area contributed by atoms with Crippen LogP contribution >= 0.6 is 0 Å². The summed E-state index contributed by atoms with van der Waals surface area (Å²) in [5.41, 5.74) is 0.463. The molecule has 1 aromatic carbocycles. The molecule has 0 aromatic heterocycles. The fraction of sp³-hybridized carbons (Fsp3) is 0.571. The standard InChI is InChI=1S/C14H22FNO/c1-6-16-10(2)11-8-7-9-12(15)13(11)17-14(3,4)5/h7-10,16H,6H2,1-5H3. The van der Waals surface area contributed by atoms with Gasteiger partial charge in [0.2, 0.25) is 0 Å². The van der Waals surface area contributed by atoms with Crippen molar-refractivity contribution < 1.29 is 9.13 Å². The second-order valence-electron chi connectivity index (χ2n) is 5.15. The van der Waals surface area contributed by atoms with Crippen LogP contribution in [0.5, 0.6) is 5.75 Å². The average molecular weight is 239 g/mol. The molecule has 0 saturated heterocycles. The number of para-hydroxylation sites is 1. The lowest BCUT2D eigenvalue weighted by Crippen LogP contribution is -2.26. The van der Waals surface area contributed by atoms with E-state index in [0.29, 0.717) is 5.75 Å². The quantitative estimate of drug-likeness (QED) is 0.865. The summed E-state index contributed by atoms with van der Waals surface area (Å²) >= 11 is 0. The second-order valence-corrected chi connectivity index (χ2v) is 5.15. The van der Waals surface area contributed by atoms with Crippen LogP contribution in [0.3, 0.4) is 0 Å². The van der Waals surface area contributed by atoms with Gasteiger partial charge in [-0.1, -0.05) is 19.1 Å². The Hall–Kier alpha value is -1.09. The monoisotopic (exact) mass is 239 g/mol. The summed E-state index contributed by atoms with van der Waals surface area (Å²) in [6.45, 7) is 10.6. The van der Waals surface area contributed by atoms with Crippen LogP contribution in [0.1, 0.15) is 46.2 Å². The average Bonchev–Trinajstić information content (AvgIpc) is 2.19. The molecule has 0 aliphatic carbocycles. The third-order valence-corrected chi connectivity index (χ3v) is 2.38. The van der Waals surface area contributed by atoms with E-state index >= 15 is 0 Å². The molecule has 0 heterocycles. The van der Waals surface area contributed by atoms with Crippen molar-refractivity contribution in [3.8, 4) is 5.75 Å². The van der Waals surface area contributed by atoms with Gasteiger partial charge in [-0.3, -0.25) is 0 Å². The smallest absolute Gasteiger partial charge is 0.165 e. The summed E-state index contributed by atoms with van der Waals surface area (Å²) in [7, 11) is 0. The van der Waals surface area contributed by atoms with Gasteiger partial charge in [-0.2, -0.15) is 0 Å². The largest absolute Gasteiger partial charge is 0.485 e. The van der Waals surface area contributed by atoms with E-state index in [4.69, 9.17) is 4.74 Å². The van der Waals surface area contributed by atoms with Gasteiger partial charge >= 0.3 is 0 Å². The normalized spacial score (nSPS) is 13.5. The van der Waals surface area contributed by atoms with Crippen LogP contribution in [-0.4, -0.2) is 12.1 Å². The molecule has 3 heteroatoms. The van der Waals surface area contributed by atoms with Gasteiger partial charge in [0.25, 0.3) is 0 Å². The molecular weight excluding hydrogens is 217 g/mol. The van der Waals surface area contributed by atoms with Crippen LogP contribution in [0.2, 0.25) is 0 Å². The van der Waals surface area contributed by atoms with Gasteiger partial charge in [-0.05, 0) is 40.3 Å². The van der Waals surface area contributed by atoms with E-state index in [0.717, 1.165) is 12.1 Å². The van der Waals surface area contributed by atoms with Crippen molar-refractivity contribution >= 4 is 0 Å². The molecule has 1 N–H and O–H groups in total. The van der Waals surface area contributed by atoms with Crippen LogP contribution in [0.15, 0.2) is 18.2 Å². The molecule has 17 heavy (non-hydrogen) atoms. The first-order valence-electron chi connectivity index (χ1n) is 6.06. The van der Waals surface area contributed by atoms with E-state index in [2.05, 4.69) is 5.32 Å². The summed E-state index contributed by atoms with van der Waals surface area (Å²) in [4.78, 5) is 0. The predicted octanol–water partition coefficient (Wildman–Crippen LogP) is 3.67. The Bertz CT molecular complexity index is 371. The number of benzene rings is 1. The molecule has 0 radical (unpaired) electrons.